The summed E-state index contributed by atoms with van der Waals surface area (Å²) in [6.07, 6.45) is -0.687. The summed E-state index contributed by atoms with van der Waals surface area (Å²) < 4.78 is 10.5. The summed E-state index contributed by atoms with van der Waals surface area (Å²) >= 11 is 7.61. The van der Waals surface area contributed by atoms with E-state index in [1.807, 2.05) is 16.8 Å². The summed E-state index contributed by atoms with van der Waals surface area (Å²) in [4.78, 5) is 0. The van der Waals surface area contributed by atoms with E-state index in [0.29, 0.717) is 22.1 Å². The fourth-order valence-electron chi connectivity index (χ4n) is 1.77. The third-order valence-electron chi connectivity index (χ3n) is 2.62. The molecule has 0 fully saturated rings. The van der Waals surface area contributed by atoms with Crippen molar-refractivity contribution in [1.82, 2.24) is 0 Å². The van der Waals surface area contributed by atoms with Crippen LogP contribution in [0.25, 0.3) is 0 Å². The van der Waals surface area contributed by atoms with Gasteiger partial charge in [-0.15, -0.1) is 0 Å². The highest BCUT2D eigenvalue weighted by molar-refractivity contribution is 7.07. The fraction of sp³-hybridized carbons (Fsp3) is 0.167. The zero-order valence-electron chi connectivity index (χ0n) is 8.72. The highest BCUT2D eigenvalue weighted by Gasteiger charge is 2.21. The molecule has 2 heterocycles. The Kier molecular flexibility index (Phi) is 2.70. The first-order chi connectivity index (χ1) is 8.25. The van der Waals surface area contributed by atoms with Gasteiger partial charge in [0.25, 0.3) is 0 Å². The molecule has 2 aromatic rings. The lowest BCUT2D eigenvalue weighted by molar-refractivity contribution is 0.173. The van der Waals surface area contributed by atoms with E-state index in [1.165, 1.54) is 0 Å². The molecule has 3 rings (SSSR count). The van der Waals surface area contributed by atoms with Crippen molar-refractivity contribution in [2.24, 2.45) is 0 Å². The standard InChI is InChI=1S/C12H9ClO3S/c13-9-3-8(4-10-12(9)16-6-15-10)11(14)7-1-2-17-5-7/h1-5,11,14H,6H2. The molecule has 17 heavy (non-hydrogen) atoms. The second-order valence-corrected chi connectivity index (χ2v) is 4.88. The Hall–Kier alpha value is -1.23. The highest BCUT2D eigenvalue weighted by atomic mass is 35.5. The van der Waals surface area contributed by atoms with E-state index >= 15 is 0 Å². The van der Waals surface area contributed by atoms with Crippen molar-refractivity contribution in [3.8, 4) is 11.5 Å². The molecule has 0 spiro atoms. The number of hydrogen-bond donors (Lipinski definition) is 1. The quantitative estimate of drug-likeness (QED) is 0.909. The van der Waals surface area contributed by atoms with E-state index in [2.05, 4.69) is 0 Å². The van der Waals surface area contributed by atoms with Gasteiger partial charge in [-0.1, -0.05) is 11.6 Å². The van der Waals surface area contributed by atoms with E-state index in [9.17, 15) is 5.11 Å². The number of rotatable bonds is 2. The zero-order valence-corrected chi connectivity index (χ0v) is 10.3. The van der Waals surface area contributed by atoms with E-state index in [0.717, 1.165) is 5.56 Å². The molecule has 1 N–H and O–H groups in total. The molecule has 0 saturated carbocycles. The lowest BCUT2D eigenvalue weighted by atomic mass is 10.0. The Morgan fingerprint density at radius 1 is 1.29 bits per heavy atom. The van der Waals surface area contributed by atoms with Crippen molar-refractivity contribution in [2.45, 2.75) is 6.10 Å². The Morgan fingerprint density at radius 2 is 2.18 bits per heavy atom. The first-order valence-corrected chi connectivity index (χ1v) is 6.37. The van der Waals surface area contributed by atoms with Gasteiger partial charge in [0.2, 0.25) is 6.79 Å². The molecular formula is C12H9ClO3S. The van der Waals surface area contributed by atoms with Crippen LogP contribution in [0.3, 0.4) is 0 Å². The number of ether oxygens (including phenoxy) is 2. The van der Waals surface area contributed by atoms with Crippen molar-refractivity contribution in [3.63, 3.8) is 0 Å². The molecule has 5 heteroatoms. The third-order valence-corrected chi connectivity index (χ3v) is 3.61. The zero-order chi connectivity index (χ0) is 11.8. The summed E-state index contributed by atoms with van der Waals surface area (Å²) in [6.45, 7) is 0.174. The second kappa shape index (κ2) is 4.22. The average Bonchev–Trinajstić information content (AvgIpc) is 2.98. The highest BCUT2D eigenvalue weighted by Crippen LogP contribution is 2.41. The van der Waals surface area contributed by atoms with Crippen LogP contribution in [0.15, 0.2) is 29.0 Å². The van der Waals surface area contributed by atoms with Crippen LogP contribution in [0.4, 0.5) is 0 Å². The summed E-state index contributed by atoms with van der Waals surface area (Å²) in [5, 5.41) is 14.5. The van der Waals surface area contributed by atoms with Crippen LogP contribution in [-0.2, 0) is 0 Å². The Labute approximate surface area is 107 Å². The van der Waals surface area contributed by atoms with Crippen molar-refractivity contribution in [3.05, 3.63) is 45.1 Å². The fourth-order valence-corrected chi connectivity index (χ4v) is 2.72. The largest absolute Gasteiger partial charge is 0.454 e. The molecule has 1 atom stereocenters. The van der Waals surface area contributed by atoms with Gasteiger partial charge in [0.15, 0.2) is 11.5 Å². The van der Waals surface area contributed by atoms with Crippen LogP contribution < -0.4 is 9.47 Å². The molecular weight excluding hydrogens is 260 g/mol. The van der Waals surface area contributed by atoms with Gasteiger partial charge in [0.1, 0.15) is 6.10 Å². The molecule has 0 saturated heterocycles. The van der Waals surface area contributed by atoms with E-state index in [1.54, 1.807) is 23.5 Å². The van der Waals surface area contributed by atoms with Gasteiger partial charge in [-0.3, -0.25) is 0 Å². The molecule has 88 valence electrons. The monoisotopic (exact) mass is 268 g/mol. The van der Waals surface area contributed by atoms with E-state index in [-0.39, 0.29) is 6.79 Å². The number of benzene rings is 1. The summed E-state index contributed by atoms with van der Waals surface area (Å²) in [7, 11) is 0. The van der Waals surface area contributed by atoms with E-state index in [4.69, 9.17) is 21.1 Å². The van der Waals surface area contributed by atoms with Crippen LogP contribution in [0.1, 0.15) is 17.2 Å². The number of fused-ring (bicyclic) bond motifs is 1. The second-order valence-electron chi connectivity index (χ2n) is 3.70. The average molecular weight is 269 g/mol. The molecule has 0 aliphatic carbocycles. The molecule has 0 amide bonds. The van der Waals surface area contributed by atoms with Gasteiger partial charge >= 0.3 is 0 Å². The lowest BCUT2D eigenvalue weighted by Gasteiger charge is -2.11. The SMILES string of the molecule is OC(c1ccsc1)c1cc(Cl)c2c(c1)OCO2. The molecule has 1 aromatic heterocycles. The Balaban J connectivity index is 2.02. The molecule has 3 nitrogen and oxygen atoms in total. The van der Waals surface area contributed by atoms with Gasteiger partial charge in [0, 0.05) is 0 Å². The van der Waals surface area contributed by atoms with Gasteiger partial charge in [0.05, 0.1) is 5.02 Å². The van der Waals surface area contributed by atoms with Gasteiger partial charge in [-0.25, -0.2) is 0 Å². The molecule has 1 aromatic carbocycles. The summed E-state index contributed by atoms with van der Waals surface area (Å²) in [6, 6.07) is 5.35. The molecule has 0 bridgehead atoms. The number of hydrogen-bond acceptors (Lipinski definition) is 4. The minimum atomic E-state index is -0.687. The molecule has 1 aliphatic heterocycles. The Morgan fingerprint density at radius 3 is 2.94 bits per heavy atom. The molecule has 1 unspecified atom stereocenters. The normalized spacial score (nSPS) is 14.9. The maximum absolute atomic E-state index is 10.2. The van der Waals surface area contributed by atoms with Crippen LogP contribution in [0, 0.1) is 0 Å². The smallest absolute Gasteiger partial charge is 0.231 e. The van der Waals surface area contributed by atoms with Crippen molar-refractivity contribution in [2.75, 3.05) is 6.79 Å². The number of thiophene rings is 1. The van der Waals surface area contributed by atoms with E-state index < -0.39 is 6.10 Å². The first kappa shape index (κ1) is 10.9. The third kappa shape index (κ3) is 1.88. The number of halogens is 1. The minimum absolute atomic E-state index is 0.174. The minimum Gasteiger partial charge on any atom is -0.454 e. The topological polar surface area (TPSA) is 38.7 Å². The van der Waals surface area contributed by atoms with Gasteiger partial charge in [-0.2, -0.15) is 11.3 Å². The lowest BCUT2D eigenvalue weighted by Crippen LogP contribution is -1.98. The molecule has 0 radical (unpaired) electrons. The first-order valence-electron chi connectivity index (χ1n) is 5.05. The van der Waals surface area contributed by atoms with Gasteiger partial charge < -0.3 is 14.6 Å². The van der Waals surface area contributed by atoms with Crippen LogP contribution in [0.5, 0.6) is 11.5 Å². The predicted molar refractivity (Wildman–Crippen MR) is 66.0 cm³/mol. The maximum Gasteiger partial charge on any atom is 0.231 e. The van der Waals surface area contributed by atoms with Crippen LogP contribution in [0.2, 0.25) is 5.02 Å². The van der Waals surface area contributed by atoms with Crippen molar-refractivity contribution >= 4 is 22.9 Å². The maximum atomic E-state index is 10.2. The number of aliphatic hydroxyl groups excluding tert-OH is 1. The van der Waals surface area contributed by atoms with Crippen molar-refractivity contribution in [1.29, 1.82) is 0 Å². The predicted octanol–water partition coefficient (Wildman–Crippen LogP) is 3.21. The van der Waals surface area contributed by atoms with Crippen molar-refractivity contribution < 1.29 is 14.6 Å². The van der Waals surface area contributed by atoms with Crippen LogP contribution >= 0.6 is 22.9 Å². The molecule has 1 aliphatic rings. The number of aliphatic hydroxyl groups is 1. The summed E-state index contributed by atoms with van der Waals surface area (Å²) in [5.74, 6) is 1.13. The summed E-state index contributed by atoms with van der Waals surface area (Å²) in [5.41, 5.74) is 1.56. The Bertz CT molecular complexity index is 539. The van der Waals surface area contributed by atoms with Gasteiger partial charge in [-0.05, 0) is 40.1 Å². The van der Waals surface area contributed by atoms with Crippen LogP contribution in [-0.4, -0.2) is 11.9 Å².